The maximum Gasteiger partial charge on any atom is 0.111 e. The van der Waals surface area contributed by atoms with Crippen LogP contribution in [0.25, 0.3) is 0 Å². The van der Waals surface area contributed by atoms with Gasteiger partial charge in [0.25, 0.3) is 0 Å². The first-order valence-corrected chi connectivity index (χ1v) is 6.05. The highest BCUT2D eigenvalue weighted by Crippen LogP contribution is 2.40. The molecule has 0 saturated heterocycles. The number of rotatable bonds is 2. The Labute approximate surface area is 90.7 Å². The molecule has 3 nitrogen and oxygen atoms in total. The van der Waals surface area contributed by atoms with Crippen LogP contribution in [0.4, 0.5) is 0 Å². The number of nitrogens with two attached hydrogens (primary N) is 1. The van der Waals surface area contributed by atoms with Gasteiger partial charge in [0.05, 0.1) is 0 Å². The smallest absolute Gasteiger partial charge is 0.111 e. The predicted octanol–water partition coefficient (Wildman–Crippen LogP) is 1.67. The van der Waals surface area contributed by atoms with Crippen LogP contribution in [0.2, 0.25) is 0 Å². The predicted molar refractivity (Wildman–Crippen MR) is 59.7 cm³/mol. The van der Waals surface area contributed by atoms with E-state index < -0.39 is 0 Å². The second-order valence-corrected chi connectivity index (χ2v) is 5.15. The average Bonchev–Trinajstić information content (AvgIpc) is 2.98. The Balaban J connectivity index is 1.88. The normalized spacial score (nSPS) is 27.5. The molecule has 15 heavy (non-hydrogen) atoms. The molecule has 1 aliphatic heterocycles. The van der Waals surface area contributed by atoms with Crippen LogP contribution < -0.4 is 5.73 Å². The molecule has 0 amide bonds. The first-order valence-electron chi connectivity index (χ1n) is 6.05. The van der Waals surface area contributed by atoms with Crippen LogP contribution in [0.5, 0.6) is 0 Å². The zero-order chi connectivity index (χ0) is 10.4. The summed E-state index contributed by atoms with van der Waals surface area (Å²) in [6, 6.07) is 0.313. The molecule has 1 fully saturated rings. The highest BCUT2D eigenvalue weighted by molar-refractivity contribution is 5.15. The number of hydrogen-bond acceptors (Lipinski definition) is 2. The molecular formula is C12H19N3. The molecule has 2 heterocycles. The topological polar surface area (TPSA) is 43.8 Å². The Bertz CT molecular complexity index is 363. The van der Waals surface area contributed by atoms with Gasteiger partial charge in [-0.2, -0.15) is 0 Å². The number of nitrogens with zero attached hydrogens (tertiary/aromatic N) is 2. The van der Waals surface area contributed by atoms with Gasteiger partial charge in [0.2, 0.25) is 0 Å². The molecule has 82 valence electrons. The Morgan fingerprint density at radius 2 is 2.27 bits per heavy atom. The fourth-order valence-electron chi connectivity index (χ4n) is 2.59. The molecule has 0 aromatic carbocycles. The fraction of sp³-hybridized carbons (Fsp3) is 0.750. The van der Waals surface area contributed by atoms with E-state index in [2.05, 4.69) is 22.7 Å². The van der Waals surface area contributed by atoms with Gasteiger partial charge in [0, 0.05) is 30.4 Å². The summed E-state index contributed by atoms with van der Waals surface area (Å²) in [4.78, 5) is 4.58. The molecule has 2 aliphatic rings. The minimum Gasteiger partial charge on any atom is -0.331 e. The van der Waals surface area contributed by atoms with Gasteiger partial charge >= 0.3 is 0 Å². The number of aromatic nitrogens is 2. The van der Waals surface area contributed by atoms with Crippen LogP contribution in [-0.4, -0.2) is 15.6 Å². The summed E-state index contributed by atoms with van der Waals surface area (Å²) < 4.78 is 2.44. The molecule has 0 spiro atoms. The minimum atomic E-state index is 0.313. The van der Waals surface area contributed by atoms with Crippen molar-refractivity contribution in [1.82, 2.24) is 9.55 Å². The van der Waals surface area contributed by atoms with Crippen LogP contribution in [0.3, 0.4) is 0 Å². The maximum atomic E-state index is 6.00. The molecule has 2 atom stereocenters. The van der Waals surface area contributed by atoms with Gasteiger partial charge in [-0.05, 0) is 38.5 Å². The monoisotopic (exact) mass is 205 g/mol. The third-order valence-electron chi connectivity index (χ3n) is 3.84. The van der Waals surface area contributed by atoms with E-state index in [1.54, 1.807) is 0 Å². The van der Waals surface area contributed by atoms with E-state index in [1.165, 1.54) is 30.8 Å². The second-order valence-electron chi connectivity index (χ2n) is 5.15. The summed E-state index contributed by atoms with van der Waals surface area (Å²) in [5.74, 6) is 2.73. The molecule has 1 aliphatic carbocycles. The van der Waals surface area contributed by atoms with E-state index in [9.17, 15) is 0 Å². The lowest BCUT2D eigenvalue weighted by Crippen LogP contribution is -2.34. The number of imidazole rings is 1. The van der Waals surface area contributed by atoms with Crippen molar-refractivity contribution >= 4 is 0 Å². The Kier molecular flexibility index (Phi) is 2.09. The van der Waals surface area contributed by atoms with Crippen LogP contribution in [0, 0.1) is 5.92 Å². The lowest BCUT2D eigenvalue weighted by molar-refractivity contribution is 0.319. The first kappa shape index (κ1) is 9.40. The Morgan fingerprint density at radius 3 is 2.93 bits per heavy atom. The van der Waals surface area contributed by atoms with Crippen molar-refractivity contribution < 1.29 is 0 Å². The zero-order valence-electron chi connectivity index (χ0n) is 9.32. The number of fused-ring (bicyclic) bond motifs is 1. The van der Waals surface area contributed by atoms with E-state index in [4.69, 9.17) is 5.73 Å². The van der Waals surface area contributed by atoms with Gasteiger partial charge in [-0.15, -0.1) is 0 Å². The maximum absolute atomic E-state index is 6.00. The molecule has 1 aromatic heterocycles. The summed E-state index contributed by atoms with van der Waals surface area (Å²) in [6.07, 6.45) is 7.13. The highest BCUT2D eigenvalue weighted by atomic mass is 15.1. The van der Waals surface area contributed by atoms with E-state index in [0.29, 0.717) is 12.0 Å². The van der Waals surface area contributed by atoms with Crippen molar-refractivity contribution in [3.8, 4) is 0 Å². The molecule has 0 radical (unpaired) electrons. The molecule has 3 heteroatoms. The van der Waals surface area contributed by atoms with E-state index in [-0.39, 0.29) is 0 Å². The minimum absolute atomic E-state index is 0.313. The van der Waals surface area contributed by atoms with Crippen LogP contribution in [0.1, 0.15) is 43.6 Å². The SMILES string of the molecule is CC(N)C1CCc2cnc(C3CC3)n2C1. The van der Waals surface area contributed by atoms with Crippen molar-refractivity contribution in [1.29, 1.82) is 0 Å². The first-order chi connectivity index (χ1) is 7.25. The molecule has 3 rings (SSSR count). The van der Waals surface area contributed by atoms with Crippen molar-refractivity contribution in [2.24, 2.45) is 11.7 Å². The number of aryl methyl sites for hydroxylation is 1. The van der Waals surface area contributed by atoms with Crippen LogP contribution in [-0.2, 0) is 13.0 Å². The van der Waals surface area contributed by atoms with Crippen LogP contribution >= 0.6 is 0 Å². The van der Waals surface area contributed by atoms with Gasteiger partial charge in [0.15, 0.2) is 0 Å². The third kappa shape index (κ3) is 1.59. The van der Waals surface area contributed by atoms with Crippen molar-refractivity contribution in [3.63, 3.8) is 0 Å². The largest absolute Gasteiger partial charge is 0.331 e. The summed E-state index contributed by atoms with van der Waals surface area (Å²) in [5.41, 5.74) is 7.43. The standard InChI is InChI=1S/C12H19N3/c1-8(13)10-4-5-11-6-14-12(9-2-3-9)15(11)7-10/h6,8-10H,2-5,7,13H2,1H3. The third-order valence-corrected chi connectivity index (χ3v) is 3.84. The lowest BCUT2D eigenvalue weighted by atomic mass is 9.92. The zero-order valence-corrected chi connectivity index (χ0v) is 9.32. The summed E-state index contributed by atoms with van der Waals surface area (Å²) in [6.45, 7) is 3.22. The fourth-order valence-corrected chi connectivity index (χ4v) is 2.59. The molecule has 1 saturated carbocycles. The van der Waals surface area contributed by atoms with E-state index >= 15 is 0 Å². The van der Waals surface area contributed by atoms with Crippen LogP contribution in [0.15, 0.2) is 6.20 Å². The molecule has 0 bridgehead atoms. The molecule has 1 aromatic rings. The number of hydrogen-bond donors (Lipinski definition) is 1. The quantitative estimate of drug-likeness (QED) is 0.798. The summed E-state index contributed by atoms with van der Waals surface area (Å²) in [7, 11) is 0. The second kappa shape index (κ2) is 3.34. The summed E-state index contributed by atoms with van der Waals surface area (Å²) in [5, 5.41) is 0. The van der Waals surface area contributed by atoms with E-state index in [1.807, 2.05) is 0 Å². The van der Waals surface area contributed by atoms with Gasteiger partial charge < -0.3 is 10.3 Å². The Hall–Kier alpha value is -0.830. The molecule has 2 N–H and O–H groups in total. The van der Waals surface area contributed by atoms with E-state index in [0.717, 1.165) is 18.9 Å². The summed E-state index contributed by atoms with van der Waals surface area (Å²) >= 11 is 0. The molecule has 2 unspecified atom stereocenters. The molecular weight excluding hydrogens is 186 g/mol. The van der Waals surface area contributed by atoms with Crippen molar-refractivity contribution in [2.45, 2.75) is 51.1 Å². The van der Waals surface area contributed by atoms with Gasteiger partial charge in [0.1, 0.15) is 5.82 Å². The van der Waals surface area contributed by atoms with Gasteiger partial charge in [-0.25, -0.2) is 4.98 Å². The Morgan fingerprint density at radius 1 is 1.47 bits per heavy atom. The highest BCUT2D eigenvalue weighted by Gasteiger charge is 2.32. The van der Waals surface area contributed by atoms with Gasteiger partial charge in [-0.1, -0.05) is 0 Å². The van der Waals surface area contributed by atoms with Gasteiger partial charge in [-0.3, -0.25) is 0 Å². The average molecular weight is 205 g/mol. The lowest BCUT2D eigenvalue weighted by Gasteiger charge is -2.28. The van der Waals surface area contributed by atoms with Crippen molar-refractivity contribution in [3.05, 3.63) is 17.7 Å². The van der Waals surface area contributed by atoms with Crippen molar-refractivity contribution in [2.75, 3.05) is 0 Å².